The molecule has 5 aromatic rings. The van der Waals surface area contributed by atoms with Crippen molar-refractivity contribution in [1.82, 2.24) is 24.7 Å². The van der Waals surface area contributed by atoms with Gasteiger partial charge in [0.2, 0.25) is 5.88 Å². The molecule has 0 saturated heterocycles. The molecule has 0 amide bonds. The summed E-state index contributed by atoms with van der Waals surface area (Å²) in [6.45, 7) is 0. The Balaban J connectivity index is 1.52. The maximum absolute atomic E-state index is 14.1. The van der Waals surface area contributed by atoms with Gasteiger partial charge in [0.25, 0.3) is 0 Å². The maximum atomic E-state index is 14.1. The number of hydrogen-bond donors (Lipinski definition) is 1. The highest BCUT2D eigenvalue weighted by molar-refractivity contribution is 5.83. The minimum Gasteiger partial charge on any atom is -0.493 e. The summed E-state index contributed by atoms with van der Waals surface area (Å²) in [7, 11) is 0. The Hall–Kier alpha value is -4.07. The van der Waals surface area contributed by atoms with E-state index in [2.05, 4.69) is 20.1 Å². The Bertz CT molecular complexity index is 1340. The molecule has 3 aromatic heterocycles. The molecule has 7 nitrogen and oxygen atoms in total. The van der Waals surface area contributed by atoms with Gasteiger partial charge in [-0.05, 0) is 36.4 Å². The standard InChI is InChI=1S/C20H12FN5O2/c21-15-3-1-2-4-18(15)26-17-6-5-13(9-12(17)10-23-26)28-20-24-16-11-22-8-7-14(16)19(27)25-20/h1-11H,(H,24,25,27). The molecule has 0 spiro atoms. The number of ether oxygens (including phenoxy) is 1. The van der Waals surface area contributed by atoms with Crippen LogP contribution in [0.25, 0.3) is 27.5 Å². The summed E-state index contributed by atoms with van der Waals surface area (Å²) >= 11 is 0. The number of halogens is 1. The minimum atomic E-state index is -0.360. The fourth-order valence-corrected chi connectivity index (χ4v) is 2.98. The van der Waals surface area contributed by atoms with Gasteiger partial charge in [-0.3, -0.25) is 4.98 Å². The molecule has 1 N–H and O–H groups in total. The molecule has 3 heterocycles. The highest BCUT2D eigenvalue weighted by Crippen LogP contribution is 2.28. The second kappa shape index (κ2) is 6.27. The van der Waals surface area contributed by atoms with Gasteiger partial charge < -0.3 is 9.84 Å². The molecule has 0 saturated carbocycles. The van der Waals surface area contributed by atoms with Gasteiger partial charge in [0.05, 0.1) is 28.8 Å². The van der Waals surface area contributed by atoms with E-state index >= 15 is 0 Å². The second-order valence-electron chi connectivity index (χ2n) is 6.05. The van der Waals surface area contributed by atoms with Crippen molar-refractivity contribution in [3.8, 4) is 23.3 Å². The van der Waals surface area contributed by atoms with Gasteiger partial charge in [0.15, 0.2) is 0 Å². The lowest BCUT2D eigenvalue weighted by Crippen LogP contribution is -1.99. The number of nitrogens with zero attached hydrogens (tertiary/aromatic N) is 5. The number of benzene rings is 2. The first-order valence-electron chi connectivity index (χ1n) is 8.40. The average molecular weight is 373 g/mol. The molecule has 5 rings (SSSR count). The van der Waals surface area contributed by atoms with Crippen LogP contribution in [0.15, 0.2) is 67.1 Å². The monoisotopic (exact) mass is 373 g/mol. The van der Waals surface area contributed by atoms with Crippen molar-refractivity contribution >= 4 is 21.8 Å². The van der Waals surface area contributed by atoms with Crippen LogP contribution in [0.2, 0.25) is 0 Å². The fourth-order valence-electron chi connectivity index (χ4n) is 2.98. The molecule has 0 atom stereocenters. The van der Waals surface area contributed by atoms with Gasteiger partial charge >= 0.3 is 6.01 Å². The van der Waals surface area contributed by atoms with Gasteiger partial charge in [0, 0.05) is 11.6 Å². The molecule has 0 radical (unpaired) electrons. The SMILES string of the molecule is Oc1nc(Oc2ccc3c(cnn3-c3ccccc3F)c2)nc2cnccc12. The van der Waals surface area contributed by atoms with Crippen LogP contribution in [0.3, 0.4) is 0 Å². The van der Waals surface area contributed by atoms with Crippen LogP contribution in [0.4, 0.5) is 4.39 Å². The van der Waals surface area contributed by atoms with Crippen LogP contribution in [-0.4, -0.2) is 29.8 Å². The Morgan fingerprint density at radius 2 is 1.89 bits per heavy atom. The summed E-state index contributed by atoms with van der Waals surface area (Å²) in [6.07, 6.45) is 4.69. The zero-order valence-corrected chi connectivity index (χ0v) is 14.3. The molecular formula is C20H12FN5O2. The Morgan fingerprint density at radius 3 is 2.79 bits per heavy atom. The first-order chi connectivity index (χ1) is 13.7. The number of rotatable bonds is 3. The summed E-state index contributed by atoms with van der Waals surface area (Å²) in [6, 6.07) is 13.3. The van der Waals surface area contributed by atoms with Crippen LogP contribution in [-0.2, 0) is 0 Å². The smallest absolute Gasteiger partial charge is 0.325 e. The van der Waals surface area contributed by atoms with Crippen molar-refractivity contribution in [3.63, 3.8) is 0 Å². The van der Waals surface area contributed by atoms with E-state index in [0.717, 1.165) is 10.9 Å². The van der Waals surface area contributed by atoms with Crippen LogP contribution < -0.4 is 4.74 Å². The van der Waals surface area contributed by atoms with Gasteiger partial charge in [-0.1, -0.05) is 12.1 Å². The zero-order chi connectivity index (χ0) is 19.1. The van der Waals surface area contributed by atoms with Crippen LogP contribution >= 0.6 is 0 Å². The topological polar surface area (TPSA) is 86.0 Å². The number of para-hydroxylation sites is 1. The van der Waals surface area contributed by atoms with Gasteiger partial charge in [-0.15, -0.1) is 0 Å². The number of aromatic hydroxyl groups is 1. The van der Waals surface area contributed by atoms with Crippen molar-refractivity contribution in [2.45, 2.75) is 0 Å². The molecule has 0 unspecified atom stereocenters. The fraction of sp³-hybridized carbons (Fsp3) is 0. The Morgan fingerprint density at radius 1 is 1.00 bits per heavy atom. The van der Waals surface area contributed by atoms with E-state index in [1.54, 1.807) is 54.9 Å². The van der Waals surface area contributed by atoms with Gasteiger partial charge in [-0.2, -0.15) is 15.1 Å². The third kappa shape index (κ3) is 2.67. The first kappa shape index (κ1) is 16.1. The second-order valence-corrected chi connectivity index (χ2v) is 6.05. The molecule has 28 heavy (non-hydrogen) atoms. The van der Waals surface area contributed by atoms with E-state index in [1.807, 2.05) is 0 Å². The summed E-state index contributed by atoms with van der Waals surface area (Å²) in [5.41, 5.74) is 1.56. The number of hydrogen-bond acceptors (Lipinski definition) is 6. The van der Waals surface area contributed by atoms with E-state index < -0.39 is 0 Å². The largest absolute Gasteiger partial charge is 0.493 e. The molecule has 0 bridgehead atoms. The van der Waals surface area contributed by atoms with Crippen molar-refractivity contribution < 1.29 is 14.2 Å². The molecule has 8 heteroatoms. The molecule has 0 aliphatic carbocycles. The van der Waals surface area contributed by atoms with Crippen LogP contribution in [0, 0.1) is 5.82 Å². The number of aromatic nitrogens is 5. The lowest BCUT2D eigenvalue weighted by Gasteiger charge is -2.07. The quantitative estimate of drug-likeness (QED) is 0.514. The highest BCUT2D eigenvalue weighted by atomic mass is 19.1. The summed E-state index contributed by atoms with van der Waals surface area (Å²) in [5, 5.41) is 15.6. The maximum Gasteiger partial charge on any atom is 0.325 e. The third-order valence-electron chi connectivity index (χ3n) is 4.29. The molecule has 0 fully saturated rings. The molecule has 0 aliphatic rings. The van der Waals surface area contributed by atoms with Crippen molar-refractivity contribution in [3.05, 3.63) is 72.9 Å². The van der Waals surface area contributed by atoms with E-state index in [4.69, 9.17) is 4.74 Å². The average Bonchev–Trinajstić information content (AvgIpc) is 3.11. The van der Waals surface area contributed by atoms with Crippen LogP contribution in [0.5, 0.6) is 17.6 Å². The predicted molar refractivity (Wildman–Crippen MR) is 100 cm³/mol. The molecule has 136 valence electrons. The molecule has 0 aliphatic heterocycles. The summed E-state index contributed by atoms with van der Waals surface area (Å²) in [5.74, 6) is -0.0828. The number of fused-ring (bicyclic) bond motifs is 2. The minimum absolute atomic E-state index is 0.00107. The highest BCUT2D eigenvalue weighted by Gasteiger charge is 2.12. The number of pyridine rings is 1. The zero-order valence-electron chi connectivity index (χ0n) is 14.3. The van der Waals surface area contributed by atoms with Crippen LogP contribution in [0.1, 0.15) is 0 Å². The normalized spacial score (nSPS) is 11.2. The van der Waals surface area contributed by atoms with Crippen molar-refractivity contribution in [2.75, 3.05) is 0 Å². The van der Waals surface area contributed by atoms with E-state index in [1.165, 1.54) is 16.9 Å². The lowest BCUT2D eigenvalue weighted by atomic mass is 10.2. The summed E-state index contributed by atoms with van der Waals surface area (Å²) in [4.78, 5) is 12.2. The first-order valence-corrected chi connectivity index (χ1v) is 8.40. The third-order valence-corrected chi connectivity index (χ3v) is 4.29. The lowest BCUT2D eigenvalue weighted by molar-refractivity contribution is 0.412. The van der Waals surface area contributed by atoms with E-state index in [0.29, 0.717) is 22.3 Å². The molecule has 2 aromatic carbocycles. The van der Waals surface area contributed by atoms with Gasteiger partial charge in [0.1, 0.15) is 17.3 Å². The Kier molecular flexibility index (Phi) is 3.61. The molecular weight excluding hydrogens is 361 g/mol. The van der Waals surface area contributed by atoms with E-state index in [-0.39, 0.29) is 17.7 Å². The van der Waals surface area contributed by atoms with Gasteiger partial charge in [-0.25, -0.2) is 9.07 Å². The van der Waals surface area contributed by atoms with Crippen molar-refractivity contribution in [1.29, 1.82) is 0 Å². The predicted octanol–water partition coefficient (Wildman–Crippen LogP) is 4.00. The summed E-state index contributed by atoms with van der Waals surface area (Å²) < 4.78 is 21.3. The van der Waals surface area contributed by atoms with E-state index in [9.17, 15) is 9.50 Å². The van der Waals surface area contributed by atoms with Crippen molar-refractivity contribution in [2.24, 2.45) is 0 Å². The Labute approximate surface area is 157 Å².